The fraction of sp³-hybridized carbons (Fsp3) is 0.312. The zero-order chi connectivity index (χ0) is 14.4. The summed E-state index contributed by atoms with van der Waals surface area (Å²) in [6.07, 6.45) is 5.21. The van der Waals surface area contributed by atoms with E-state index in [2.05, 4.69) is 5.32 Å². The van der Waals surface area contributed by atoms with Crippen LogP contribution >= 0.6 is 0 Å². The Balaban J connectivity index is 1.74. The van der Waals surface area contributed by atoms with Crippen LogP contribution in [0.5, 0.6) is 5.75 Å². The first-order valence-corrected chi connectivity index (χ1v) is 6.68. The second-order valence-corrected chi connectivity index (χ2v) is 4.81. The fourth-order valence-corrected chi connectivity index (χ4v) is 2.00. The van der Waals surface area contributed by atoms with Crippen molar-refractivity contribution in [2.75, 3.05) is 7.11 Å². The van der Waals surface area contributed by atoms with Gasteiger partial charge in [-0.05, 0) is 35.7 Å². The Morgan fingerprint density at radius 2 is 1.95 bits per heavy atom. The Kier molecular flexibility index (Phi) is 4.82. The molecule has 1 heterocycles. The largest absolute Gasteiger partial charge is 0.497 e. The van der Waals surface area contributed by atoms with Crippen LogP contribution in [0.2, 0.25) is 0 Å². The van der Waals surface area contributed by atoms with E-state index in [-0.39, 0.29) is 5.91 Å². The number of aromatic nitrogens is 1. The summed E-state index contributed by atoms with van der Waals surface area (Å²) in [5, 5.41) is 2.93. The molecule has 1 aromatic carbocycles. The van der Waals surface area contributed by atoms with Gasteiger partial charge in [-0.3, -0.25) is 4.79 Å². The minimum Gasteiger partial charge on any atom is -0.497 e. The number of aryl methyl sites for hydroxylation is 2. The van der Waals surface area contributed by atoms with E-state index in [1.54, 1.807) is 7.11 Å². The maximum Gasteiger partial charge on any atom is 0.220 e. The average molecular weight is 272 g/mol. The molecule has 0 atom stereocenters. The average Bonchev–Trinajstić information content (AvgIpc) is 2.89. The van der Waals surface area contributed by atoms with E-state index in [1.807, 2.05) is 54.3 Å². The van der Waals surface area contributed by atoms with Gasteiger partial charge in [-0.15, -0.1) is 0 Å². The van der Waals surface area contributed by atoms with Crippen molar-refractivity contribution in [2.45, 2.75) is 19.4 Å². The summed E-state index contributed by atoms with van der Waals surface area (Å²) < 4.78 is 7.07. The number of amides is 1. The summed E-state index contributed by atoms with van der Waals surface area (Å²) >= 11 is 0. The Morgan fingerprint density at radius 3 is 2.55 bits per heavy atom. The number of methoxy groups -OCH3 is 1. The third-order valence-electron chi connectivity index (χ3n) is 3.18. The molecular weight excluding hydrogens is 252 g/mol. The first-order chi connectivity index (χ1) is 9.67. The van der Waals surface area contributed by atoms with Crippen LogP contribution in [-0.4, -0.2) is 17.6 Å². The van der Waals surface area contributed by atoms with E-state index >= 15 is 0 Å². The number of benzene rings is 1. The fourth-order valence-electron chi connectivity index (χ4n) is 2.00. The van der Waals surface area contributed by atoms with Gasteiger partial charge < -0.3 is 14.6 Å². The molecule has 1 aromatic heterocycles. The lowest BCUT2D eigenvalue weighted by molar-refractivity contribution is -0.121. The smallest absolute Gasteiger partial charge is 0.220 e. The number of hydrogen-bond acceptors (Lipinski definition) is 2. The van der Waals surface area contributed by atoms with Gasteiger partial charge in [0, 0.05) is 32.4 Å². The standard InChI is InChI=1S/C16H20N2O2/c1-18-10-9-14(12-18)11-17-16(19)8-5-13-3-6-15(20-2)7-4-13/h3-4,6-7,9-10,12H,5,8,11H2,1-2H3,(H,17,19). The molecule has 2 rings (SSSR count). The second kappa shape index (κ2) is 6.80. The molecule has 0 fully saturated rings. The maximum atomic E-state index is 11.8. The van der Waals surface area contributed by atoms with Gasteiger partial charge in [0.25, 0.3) is 0 Å². The number of rotatable bonds is 6. The molecule has 0 aliphatic heterocycles. The van der Waals surface area contributed by atoms with Crippen LogP contribution in [-0.2, 0) is 24.8 Å². The summed E-state index contributed by atoms with van der Waals surface area (Å²) in [4.78, 5) is 11.8. The van der Waals surface area contributed by atoms with Crippen LogP contribution in [0.25, 0.3) is 0 Å². The van der Waals surface area contributed by atoms with Crippen molar-refractivity contribution in [3.05, 3.63) is 53.9 Å². The molecule has 4 nitrogen and oxygen atoms in total. The van der Waals surface area contributed by atoms with Crippen molar-refractivity contribution in [3.8, 4) is 5.75 Å². The highest BCUT2D eigenvalue weighted by atomic mass is 16.5. The highest BCUT2D eigenvalue weighted by Crippen LogP contribution is 2.12. The van der Waals surface area contributed by atoms with Gasteiger partial charge in [-0.1, -0.05) is 12.1 Å². The summed E-state index contributed by atoms with van der Waals surface area (Å²) in [6.45, 7) is 0.586. The van der Waals surface area contributed by atoms with Crippen LogP contribution < -0.4 is 10.1 Å². The van der Waals surface area contributed by atoms with Gasteiger partial charge in [0.05, 0.1) is 7.11 Å². The number of nitrogens with one attached hydrogen (secondary N) is 1. The van der Waals surface area contributed by atoms with Crippen LogP contribution in [0, 0.1) is 0 Å². The summed E-state index contributed by atoms with van der Waals surface area (Å²) in [7, 11) is 3.61. The van der Waals surface area contributed by atoms with Crippen LogP contribution in [0.1, 0.15) is 17.5 Å². The predicted octanol–water partition coefficient (Wildman–Crippen LogP) is 2.28. The highest BCUT2D eigenvalue weighted by Gasteiger charge is 2.03. The lowest BCUT2D eigenvalue weighted by Crippen LogP contribution is -2.22. The minimum absolute atomic E-state index is 0.0738. The number of carbonyl (C=O) groups excluding carboxylic acids is 1. The maximum absolute atomic E-state index is 11.8. The third-order valence-corrected chi connectivity index (χ3v) is 3.18. The van der Waals surface area contributed by atoms with E-state index in [0.717, 1.165) is 23.3 Å². The monoisotopic (exact) mass is 272 g/mol. The van der Waals surface area contributed by atoms with Gasteiger partial charge in [-0.2, -0.15) is 0 Å². The zero-order valence-corrected chi connectivity index (χ0v) is 11.9. The molecule has 4 heteroatoms. The molecule has 0 aliphatic carbocycles. The molecule has 0 unspecified atom stereocenters. The summed E-state index contributed by atoms with van der Waals surface area (Å²) in [6, 6.07) is 9.81. The van der Waals surface area contributed by atoms with Crippen molar-refractivity contribution in [3.63, 3.8) is 0 Å². The molecular formula is C16H20N2O2. The van der Waals surface area contributed by atoms with E-state index in [9.17, 15) is 4.79 Å². The van der Waals surface area contributed by atoms with Gasteiger partial charge in [-0.25, -0.2) is 0 Å². The molecule has 106 valence electrons. The van der Waals surface area contributed by atoms with Crippen molar-refractivity contribution < 1.29 is 9.53 Å². The molecule has 0 spiro atoms. The van der Waals surface area contributed by atoms with E-state index in [0.29, 0.717) is 13.0 Å². The number of hydrogen-bond donors (Lipinski definition) is 1. The lowest BCUT2D eigenvalue weighted by atomic mass is 10.1. The van der Waals surface area contributed by atoms with E-state index < -0.39 is 0 Å². The van der Waals surface area contributed by atoms with Gasteiger partial charge in [0.1, 0.15) is 5.75 Å². The van der Waals surface area contributed by atoms with Crippen LogP contribution in [0.15, 0.2) is 42.7 Å². The summed E-state index contributed by atoms with van der Waals surface area (Å²) in [5.74, 6) is 0.909. The molecule has 0 radical (unpaired) electrons. The zero-order valence-electron chi connectivity index (χ0n) is 11.9. The van der Waals surface area contributed by atoms with Gasteiger partial charge in [0.15, 0.2) is 0 Å². The van der Waals surface area contributed by atoms with Crippen molar-refractivity contribution in [1.29, 1.82) is 0 Å². The van der Waals surface area contributed by atoms with Crippen LogP contribution in [0.3, 0.4) is 0 Å². The predicted molar refractivity (Wildman–Crippen MR) is 78.6 cm³/mol. The molecule has 0 aliphatic rings. The second-order valence-electron chi connectivity index (χ2n) is 4.81. The molecule has 0 saturated heterocycles. The minimum atomic E-state index is 0.0738. The summed E-state index contributed by atoms with van der Waals surface area (Å²) in [5.41, 5.74) is 2.26. The number of ether oxygens (including phenoxy) is 1. The van der Waals surface area contributed by atoms with Crippen molar-refractivity contribution in [2.24, 2.45) is 7.05 Å². The number of nitrogens with zero attached hydrogens (tertiary/aromatic N) is 1. The molecule has 0 saturated carbocycles. The van der Waals surface area contributed by atoms with Gasteiger partial charge in [0.2, 0.25) is 5.91 Å². The Labute approximate surface area is 119 Å². The molecule has 0 bridgehead atoms. The lowest BCUT2D eigenvalue weighted by Gasteiger charge is -2.05. The van der Waals surface area contributed by atoms with Gasteiger partial charge >= 0.3 is 0 Å². The molecule has 20 heavy (non-hydrogen) atoms. The van der Waals surface area contributed by atoms with Crippen molar-refractivity contribution in [1.82, 2.24) is 9.88 Å². The SMILES string of the molecule is COc1ccc(CCC(=O)NCc2ccn(C)c2)cc1. The van der Waals surface area contributed by atoms with Crippen LogP contribution in [0.4, 0.5) is 0 Å². The first kappa shape index (κ1) is 14.2. The topological polar surface area (TPSA) is 43.3 Å². The third kappa shape index (κ3) is 4.16. The highest BCUT2D eigenvalue weighted by molar-refractivity contribution is 5.76. The Hall–Kier alpha value is -2.23. The molecule has 1 amide bonds. The first-order valence-electron chi connectivity index (χ1n) is 6.68. The Bertz CT molecular complexity index is 558. The Morgan fingerprint density at radius 1 is 1.20 bits per heavy atom. The van der Waals surface area contributed by atoms with Crippen molar-refractivity contribution >= 4 is 5.91 Å². The normalized spacial score (nSPS) is 10.3. The molecule has 1 N–H and O–H groups in total. The van der Waals surface area contributed by atoms with E-state index in [1.165, 1.54) is 0 Å². The molecule has 2 aromatic rings. The van der Waals surface area contributed by atoms with E-state index in [4.69, 9.17) is 4.74 Å². The number of carbonyl (C=O) groups is 1. The quantitative estimate of drug-likeness (QED) is 0.876.